The van der Waals surface area contributed by atoms with E-state index in [1.807, 2.05) is 0 Å². The number of hydrogen-bond donors (Lipinski definition) is 1. The third-order valence-corrected chi connectivity index (χ3v) is 6.30. The summed E-state index contributed by atoms with van der Waals surface area (Å²) in [5.41, 5.74) is -2.33. The molecule has 6 nitrogen and oxygen atoms in total. The van der Waals surface area contributed by atoms with Gasteiger partial charge in [0.05, 0.1) is 5.56 Å². The zero-order valence-corrected chi connectivity index (χ0v) is 16.5. The summed E-state index contributed by atoms with van der Waals surface area (Å²) in [5, 5.41) is 2.24. The smallest absolute Gasteiger partial charge is 0.328 e. The molecule has 2 saturated carbocycles. The van der Waals surface area contributed by atoms with Crippen LogP contribution < -0.4 is 5.32 Å². The van der Waals surface area contributed by atoms with E-state index in [9.17, 15) is 31.5 Å². The lowest BCUT2D eigenvalue weighted by Gasteiger charge is -2.34. The molecule has 2 aromatic rings. The third-order valence-electron chi connectivity index (χ3n) is 6.30. The van der Waals surface area contributed by atoms with Gasteiger partial charge in [-0.2, -0.15) is 13.2 Å². The first-order valence-electron chi connectivity index (χ1n) is 9.98. The number of carbonyl (C=O) groups is 2. The molecule has 0 saturated heterocycles. The van der Waals surface area contributed by atoms with Crippen molar-refractivity contribution in [2.45, 2.75) is 42.7 Å². The van der Waals surface area contributed by atoms with Gasteiger partial charge < -0.3 is 4.90 Å². The van der Waals surface area contributed by atoms with Crippen molar-refractivity contribution in [1.82, 2.24) is 14.9 Å². The number of rotatable bonds is 4. The maximum Gasteiger partial charge on any atom is 0.419 e. The fourth-order valence-corrected chi connectivity index (χ4v) is 4.20. The summed E-state index contributed by atoms with van der Waals surface area (Å²) >= 11 is 0. The van der Waals surface area contributed by atoms with Crippen LogP contribution in [0.25, 0.3) is 0 Å². The first-order valence-corrected chi connectivity index (χ1v) is 9.98. The van der Waals surface area contributed by atoms with Gasteiger partial charge in [-0.25, -0.2) is 18.7 Å². The van der Waals surface area contributed by atoms with Gasteiger partial charge in [-0.15, -0.1) is 0 Å². The topological polar surface area (TPSA) is 75.2 Å². The normalized spacial score (nSPS) is 25.5. The number of nitrogens with one attached hydrogen (secondary N) is 1. The number of aromatic nitrogens is 2. The van der Waals surface area contributed by atoms with Crippen LogP contribution in [0.1, 0.15) is 46.3 Å². The molecular formula is C21H17F5N4O2. The van der Waals surface area contributed by atoms with Gasteiger partial charge in [0.2, 0.25) is 11.9 Å². The van der Waals surface area contributed by atoms with Crippen molar-refractivity contribution in [3.8, 4) is 0 Å². The van der Waals surface area contributed by atoms with E-state index in [0.29, 0.717) is 36.4 Å². The Labute approximate surface area is 178 Å². The highest BCUT2D eigenvalue weighted by Crippen LogP contribution is 2.57. The Kier molecular flexibility index (Phi) is 4.35. The molecule has 32 heavy (non-hydrogen) atoms. The lowest BCUT2D eigenvalue weighted by Crippen LogP contribution is -2.47. The molecule has 5 rings (SSSR count). The first kappa shape index (κ1) is 20.8. The SMILES string of the molecule is O=C(CN1C[C@@]2(C[C@@H]2F)c2cc(C3(F)CC3)ccc2C1=O)Nc1ncc(C(F)(F)F)cn1. The summed E-state index contributed by atoms with van der Waals surface area (Å²) in [6.45, 7) is -0.504. The molecule has 1 spiro atoms. The molecular weight excluding hydrogens is 435 g/mol. The Hall–Kier alpha value is -3.11. The van der Waals surface area contributed by atoms with E-state index < -0.39 is 47.4 Å². The van der Waals surface area contributed by atoms with Crippen molar-refractivity contribution in [2.24, 2.45) is 0 Å². The van der Waals surface area contributed by atoms with E-state index in [1.54, 1.807) is 6.07 Å². The Morgan fingerprint density at radius 2 is 1.88 bits per heavy atom. The van der Waals surface area contributed by atoms with Gasteiger partial charge in [0, 0.05) is 29.9 Å². The fraction of sp³-hybridized carbons (Fsp3) is 0.429. The van der Waals surface area contributed by atoms with Gasteiger partial charge in [-0.05, 0) is 36.5 Å². The number of anilines is 1. The maximum atomic E-state index is 14.5. The minimum Gasteiger partial charge on any atom is -0.328 e. The summed E-state index contributed by atoms with van der Waals surface area (Å²) < 4.78 is 66.7. The average molecular weight is 452 g/mol. The molecule has 11 heteroatoms. The van der Waals surface area contributed by atoms with Crippen LogP contribution in [0.4, 0.5) is 27.9 Å². The number of carbonyl (C=O) groups excluding carboxylic acids is 2. The van der Waals surface area contributed by atoms with Gasteiger partial charge in [-0.3, -0.25) is 14.9 Å². The lowest BCUT2D eigenvalue weighted by molar-refractivity contribution is -0.138. The van der Waals surface area contributed by atoms with Crippen LogP contribution in [0, 0.1) is 0 Å². The first-order chi connectivity index (χ1) is 15.0. The van der Waals surface area contributed by atoms with E-state index in [0.717, 1.165) is 0 Å². The number of benzene rings is 1. The number of hydrogen-bond acceptors (Lipinski definition) is 4. The highest BCUT2D eigenvalue weighted by molar-refractivity contribution is 6.01. The summed E-state index contributed by atoms with van der Waals surface area (Å²) in [5.74, 6) is -1.58. The highest BCUT2D eigenvalue weighted by Gasteiger charge is 2.61. The molecule has 1 N–H and O–H groups in total. The van der Waals surface area contributed by atoms with Gasteiger partial charge >= 0.3 is 6.18 Å². The molecule has 1 aromatic heterocycles. The number of nitrogens with zero attached hydrogens (tertiary/aromatic N) is 3. The van der Waals surface area contributed by atoms with E-state index >= 15 is 0 Å². The molecule has 1 aromatic carbocycles. The number of alkyl halides is 5. The van der Waals surface area contributed by atoms with Crippen LogP contribution in [0.15, 0.2) is 30.6 Å². The minimum absolute atomic E-state index is 0.0516. The van der Waals surface area contributed by atoms with Gasteiger partial charge in [-0.1, -0.05) is 12.1 Å². The van der Waals surface area contributed by atoms with E-state index in [4.69, 9.17) is 0 Å². The average Bonchev–Trinajstić information content (AvgIpc) is 3.63. The second-order valence-corrected chi connectivity index (χ2v) is 8.56. The highest BCUT2D eigenvalue weighted by atomic mass is 19.4. The van der Waals surface area contributed by atoms with E-state index in [2.05, 4.69) is 15.3 Å². The Balaban J connectivity index is 1.33. The molecule has 3 aliphatic rings. The summed E-state index contributed by atoms with van der Waals surface area (Å²) in [7, 11) is 0. The van der Waals surface area contributed by atoms with Crippen LogP contribution in [-0.4, -0.2) is 45.9 Å². The number of amides is 2. The van der Waals surface area contributed by atoms with Crippen LogP contribution >= 0.6 is 0 Å². The van der Waals surface area contributed by atoms with Gasteiger partial charge in [0.25, 0.3) is 5.91 Å². The minimum atomic E-state index is -4.61. The van der Waals surface area contributed by atoms with E-state index in [1.165, 1.54) is 17.0 Å². The number of fused-ring (bicyclic) bond motifs is 2. The second-order valence-electron chi connectivity index (χ2n) is 8.56. The maximum absolute atomic E-state index is 14.5. The molecule has 1 aliphatic heterocycles. The Morgan fingerprint density at radius 3 is 2.44 bits per heavy atom. The molecule has 2 atom stereocenters. The fourth-order valence-electron chi connectivity index (χ4n) is 4.20. The predicted octanol–water partition coefficient (Wildman–Crippen LogP) is 3.53. The van der Waals surface area contributed by atoms with Crippen molar-refractivity contribution >= 4 is 17.8 Å². The van der Waals surface area contributed by atoms with Crippen LogP contribution in [-0.2, 0) is 22.1 Å². The van der Waals surface area contributed by atoms with Crippen LogP contribution in [0.2, 0.25) is 0 Å². The molecule has 0 bridgehead atoms. The molecule has 0 radical (unpaired) electrons. The summed E-state index contributed by atoms with van der Waals surface area (Å²) in [6, 6.07) is 4.57. The molecule has 2 amide bonds. The second kappa shape index (κ2) is 6.69. The molecule has 0 unspecified atom stereocenters. The Bertz CT molecular complexity index is 1120. The van der Waals surface area contributed by atoms with Crippen molar-refractivity contribution in [3.05, 3.63) is 52.8 Å². The number of halogens is 5. The lowest BCUT2D eigenvalue weighted by atomic mass is 9.84. The zero-order valence-electron chi connectivity index (χ0n) is 16.5. The van der Waals surface area contributed by atoms with Crippen molar-refractivity contribution in [2.75, 3.05) is 18.4 Å². The Morgan fingerprint density at radius 1 is 1.22 bits per heavy atom. The van der Waals surface area contributed by atoms with Crippen molar-refractivity contribution < 1.29 is 31.5 Å². The molecule has 168 valence electrons. The monoisotopic (exact) mass is 452 g/mol. The molecule has 2 heterocycles. The zero-order chi connectivity index (χ0) is 22.9. The van der Waals surface area contributed by atoms with E-state index in [-0.39, 0.29) is 24.5 Å². The van der Waals surface area contributed by atoms with Crippen LogP contribution in [0.3, 0.4) is 0 Å². The van der Waals surface area contributed by atoms with Gasteiger partial charge in [0.1, 0.15) is 18.4 Å². The largest absolute Gasteiger partial charge is 0.419 e. The van der Waals surface area contributed by atoms with Crippen molar-refractivity contribution in [3.63, 3.8) is 0 Å². The van der Waals surface area contributed by atoms with Crippen molar-refractivity contribution in [1.29, 1.82) is 0 Å². The standard InChI is InChI=1S/C21H17F5N4O2/c22-15-6-19(15)10-30(9-16(31)29-18-27-7-12(8-28-18)21(24,25)26)17(32)13-2-1-11(5-14(13)19)20(23)3-4-20/h1-2,5,7-8,15H,3-4,6,9-10H2,(H,27,28,29,31)/t15-,19-/m0/s1. The summed E-state index contributed by atoms with van der Waals surface area (Å²) in [4.78, 5) is 33.4. The van der Waals surface area contributed by atoms with Gasteiger partial charge in [0.15, 0.2) is 0 Å². The third kappa shape index (κ3) is 3.39. The predicted molar refractivity (Wildman–Crippen MR) is 101 cm³/mol. The molecule has 2 fully saturated rings. The quantitative estimate of drug-likeness (QED) is 0.721. The molecule has 2 aliphatic carbocycles. The van der Waals surface area contributed by atoms with Crippen LogP contribution in [0.5, 0.6) is 0 Å². The summed E-state index contributed by atoms with van der Waals surface area (Å²) in [6.07, 6.45) is -3.81.